The summed E-state index contributed by atoms with van der Waals surface area (Å²) in [6.07, 6.45) is 23.7. The number of aryl methyl sites for hydroxylation is 3. The quantitative estimate of drug-likeness (QED) is 0.198. The first-order valence-electron chi connectivity index (χ1n) is 25.3. The van der Waals surface area contributed by atoms with Crippen molar-refractivity contribution in [2.24, 2.45) is 53.3 Å². The highest BCUT2D eigenvalue weighted by molar-refractivity contribution is 5.28. The summed E-state index contributed by atoms with van der Waals surface area (Å²) < 4.78 is 0. The SMILES string of the molecule is CC.CC.CC1CC=CCC1C.CC1CCCCC1C.CCC(C)CC.CCC(C)CC(C)CC.CCC(C)CC(C)Cc1ccccc1.Cc1ccc(C)c(C)c1. The van der Waals surface area contributed by atoms with E-state index in [1.165, 1.54) is 112 Å². The lowest BCUT2D eigenvalue weighted by molar-refractivity contribution is 0.277. The molecule has 58 heavy (non-hydrogen) atoms. The average Bonchev–Trinajstić information content (AvgIpc) is 3.24. The molecule has 1 saturated carbocycles. The van der Waals surface area contributed by atoms with E-state index in [-0.39, 0.29) is 0 Å². The second-order valence-corrected chi connectivity index (χ2v) is 18.5. The van der Waals surface area contributed by atoms with Gasteiger partial charge in [0.1, 0.15) is 0 Å². The van der Waals surface area contributed by atoms with E-state index in [1.807, 2.05) is 27.7 Å². The highest BCUT2D eigenvalue weighted by atomic mass is 14.2. The largest absolute Gasteiger partial charge is 0.0883 e. The lowest BCUT2D eigenvalue weighted by Gasteiger charge is -2.24. The number of hydrogen-bond donors (Lipinski definition) is 0. The third kappa shape index (κ3) is 38.4. The summed E-state index contributed by atoms with van der Waals surface area (Å²) >= 11 is 0. The maximum Gasteiger partial charge on any atom is -0.0253 e. The molecule has 0 saturated heterocycles. The zero-order valence-corrected chi connectivity index (χ0v) is 43.9. The standard InChI is InChI=1S/C14H22.C9H12.C9H20.C8H16.C8H14.C6H14.2C2H6/c1-4-12(2)10-13(3)11-14-8-6-5-7-9-14;1-7-4-5-8(2)9(3)6-7;1-5-8(3)7-9(4)6-2;2*1-7-5-3-4-6-8(7)2;1-4-6(3)5-2;2*1-2/h5-9,12-13H,4,10-11H2,1-3H3;4-6H,1-3H3;8-9H,5-7H2,1-4H3;7-8H,3-6H2,1-2H3;3-4,7-8H,5-6H2,1-2H3;6H,4-5H2,1-3H3;2*1-2H3. The molecule has 0 nitrogen and oxygen atoms in total. The molecule has 0 heterocycles. The van der Waals surface area contributed by atoms with Gasteiger partial charge in [0.05, 0.1) is 0 Å². The van der Waals surface area contributed by atoms with Crippen LogP contribution in [0.5, 0.6) is 0 Å². The Morgan fingerprint density at radius 1 is 0.466 bits per heavy atom. The van der Waals surface area contributed by atoms with Crippen LogP contribution in [0.15, 0.2) is 60.7 Å². The van der Waals surface area contributed by atoms with Gasteiger partial charge in [-0.1, -0.05) is 249 Å². The maximum absolute atomic E-state index is 2.38. The van der Waals surface area contributed by atoms with Gasteiger partial charge in [-0.2, -0.15) is 0 Å². The molecule has 0 aliphatic heterocycles. The van der Waals surface area contributed by atoms with Crippen molar-refractivity contribution in [1.29, 1.82) is 0 Å². The number of benzene rings is 2. The van der Waals surface area contributed by atoms with Crippen molar-refractivity contribution in [2.75, 3.05) is 0 Å². The van der Waals surface area contributed by atoms with E-state index in [0.717, 1.165) is 53.3 Å². The van der Waals surface area contributed by atoms with Gasteiger partial charge >= 0.3 is 0 Å². The molecule has 1 fully saturated rings. The minimum absolute atomic E-state index is 0.812. The van der Waals surface area contributed by atoms with Crippen LogP contribution in [0.25, 0.3) is 0 Å². The molecular weight excluding hydrogens is 697 g/mol. The van der Waals surface area contributed by atoms with Gasteiger partial charge < -0.3 is 0 Å². The molecule has 2 aliphatic carbocycles. The second kappa shape index (κ2) is 43.3. The molecular formula is C58H110. The summed E-state index contributed by atoms with van der Waals surface area (Å²) in [5, 5.41) is 0. The molecule has 2 aliphatic rings. The van der Waals surface area contributed by atoms with Gasteiger partial charge in [-0.25, -0.2) is 0 Å². The van der Waals surface area contributed by atoms with E-state index in [0.29, 0.717) is 0 Å². The highest BCUT2D eigenvalue weighted by Gasteiger charge is 2.15. The number of allylic oxidation sites excluding steroid dienone is 2. The van der Waals surface area contributed by atoms with Crippen molar-refractivity contribution in [3.05, 3.63) is 82.9 Å². The van der Waals surface area contributed by atoms with E-state index in [9.17, 15) is 0 Å². The first-order chi connectivity index (χ1) is 27.5. The number of rotatable bonds is 11. The Morgan fingerprint density at radius 2 is 0.845 bits per heavy atom. The summed E-state index contributed by atoms with van der Waals surface area (Å²) in [6, 6.07) is 17.3. The van der Waals surface area contributed by atoms with E-state index in [2.05, 4.69) is 178 Å². The topological polar surface area (TPSA) is 0 Å². The van der Waals surface area contributed by atoms with E-state index < -0.39 is 0 Å². The van der Waals surface area contributed by atoms with E-state index >= 15 is 0 Å². The van der Waals surface area contributed by atoms with Crippen LogP contribution >= 0.6 is 0 Å². The first-order valence-corrected chi connectivity index (χ1v) is 25.3. The molecule has 0 N–H and O–H groups in total. The van der Waals surface area contributed by atoms with Crippen LogP contribution in [0.3, 0.4) is 0 Å². The van der Waals surface area contributed by atoms with Crippen LogP contribution in [-0.4, -0.2) is 0 Å². The molecule has 2 aromatic rings. The molecule has 342 valence electrons. The minimum atomic E-state index is 0.812. The van der Waals surface area contributed by atoms with Crippen molar-refractivity contribution in [3.63, 3.8) is 0 Å². The molecule has 0 amide bonds. The van der Waals surface area contributed by atoms with Crippen molar-refractivity contribution in [2.45, 2.75) is 235 Å². The zero-order chi connectivity index (χ0) is 45.5. The number of hydrogen-bond acceptors (Lipinski definition) is 0. The van der Waals surface area contributed by atoms with Crippen LogP contribution in [0.1, 0.15) is 230 Å². The Kier molecular flexibility index (Phi) is 46.9. The predicted octanol–water partition coefficient (Wildman–Crippen LogP) is 20.3. The van der Waals surface area contributed by atoms with Crippen LogP contribution in [0.4, 0.5) is 0 Å². The average molecular weight is 808 g/mol. The van der Waals surface area contributed by atoms with Gasteiger partial charge in [0.25, 0.3) is 0 Å². The molecule has 2 aromatic carbocycles. The lowest BCUT2D eigenvalue weighted by atomic mass is 9.82. The second-order valence-electron chi connectivity index (χ2n) is 18.5. The van der Waals surface area contributed by atoms with Crippen LogP contribution in [-0.2, 0) is 6.42 Å². The van der Waals surface area contributed by atoms with Crippen LogP contribution in [0.2, 0.25) is 0 Å². The molecule has 0 radical (unpaired) electrons. The van der Waals surface area contributed by atoms with Crippen molar-refractivity contribution < 1.29 is 0 Å². The first kappa shape index (κ1) is 62.8. The highest BCUT2D eigenvalue weighted by Crippen LogP contribution is 2.28. The monoisotopic (exact) mass is 807 g/mol. The normalized spacial score (nSPS) is 19.8. The molecule has 0 heteroatoms. The van der Waals surface area contributed by atoms with Gasteiger partial charge in [-0.15, -0.1) is 0 Å². The maximum atomic E-state index is 2.38. The Hall–Kier alpha value is -1.82. The van der Waals surface area contributed by atoms with Crippen molar-refractivity contribution >= 4 is 0 Å². The van der Waals surface area contributed by atoms with Gasteiger partial charge in [0.15, 0.2) is 0 Å². The molecule has 0 spiro atoms. The van der Waals surface area contributed by atoms with Gasteiger partial charge in [0.2, 0.25) is 0 Å². The fourth-order valence-corrected chi connectivity index (χ4v) is 6.74. The summed E-state index contributed by atoms with van der Waals surface area (Å²) in [5.41, 5.74) is 5.58. The summed E-state index contributed by atoms with van der Waals surface area (Å²) in [7, 11) is 0. The third-order valence-corrected chi connectivity index (χ3v) is 12.9. The van der Waals surface area contributed by atoms with Crippen LogP contribution < -0.4 is 0 Å². The Morgan fingerprint density at radius 3 is 1.14 bits per heavy atom. The third-order valence-electron chi connectivity index (χ3n) is 12.9. The Bertz CT molecular complexity index is 1080. The molecule has 8 atom stereocenters. The predicted molar refractivity (Wildman–Crippen MR) is 274 cm³/mol. The van der Waals surface area contributed by atoms with Crippen molar-refractivity contribution in [3.8, 4) is 0 Å². The van der Waals surface area contributed by atoms with E-state index in [1.54, 1.807) is 0 Å². The molecule has 4 rings (SSSR count). The van der Waals surface area contributed by atoms with Gasteiger partial charge in [-0.05, 0) is 123 Å². The summed E-state index contributed by atoms with van der Waals surface area (Å²) in [4.78, 5) is 0. The molecule has 8 unspecified atom stereocenters. The van der Waals surface area contributed by atoms with Gasteiger partial charge in [-0.3, -0.25) is 0 Å². The zero-order valence-electron chi connectivity index (χ0n) is 43.9. The minimum Gasteiger partial charge on any atom is -0.0883 e. The smallest absolute Gasteiger partial charge is 0.0253 e. The Labute approximate surface area is 370 Å². The van der Waals surface area contributed by atoms with Crippen LogP contribution in [0, 0.1) is 74.0 Å². The molecule has 0 aromatic heterocycles. The van der Waals surface area contributed by atoms with Gasteiger partial charge in [0, 0.05) is 0 Å². The summed E-state index contributed by atoms with van der Waals surface area (Å²) in [6.45, 7) is 46.8. The lowest BCUT2D eigenvalue weighted by Crippen LogP contribution is -2.12. The van der Waals surface area contributed by atoms with E-state index in [4.69, 9.17) is 0 Å². The van der Waals surface area contributed by atoms with Crippen molar-refractivity contribution in [1.82, 2.24) is 0 Å². The molecule has 0 bridgehead atoms. The Balaban J connectivity index is -0.000000302. The fourth-order valence-electron chi connectivity index (χ4n) is 6.74. The summed E-state index contributed by atoms with van der Waals surface area (Å²) in [5.74, 6) is 8.32. The fraction of sp³-hybridized carbons (Fsp3) is 0.759.